The van der Waals surface area contributed by atoms with Gasteiger partial charge in [0, 0.05) is 0 Å². The second-order valence-electron chi connectivity index (χ2n) is 4.31. The quantitative estimate of drug-likeness (QED) is 0.356. The Balaban J connectivity index is 2.94. The number of quaternary nitrogens is 2. The zero-order valence-corrected chi connectivity index (χ0v) is 7.68. The summed E-state index contributed by atoms with van der Waals surface area (Å²) < 4.78 is 0. The van der Waals surface area contributed by atoms with Gasteiger partial charge in [-0.15, -0.1) is 0 Å². The minimum atomic E-state index is -1.73. The number of aliphatic hydroxyl groups is 1. The predicted molar refractivity (Wildman–Crippen MR) is 42.8 cm³/mol. The van der Waals surface area contributed by atoms with E-state index in [0.29, 0.717) is 0 Å². The van der Waals surface area contributed by atoms with Crippen LogP contribution in [0.3, 0.4) is 0 Å². The van der Waals surface area contributed by atoms with Crippen LogP contribution in [0.2, 0.25) is 0 Å². The van der Waals surface area contributed by atoms with E-state index in [-0.39, 0.29) is 23.2 Å². The highest BCUT2D eigenvalue weighted by Crippen LogP contribution is 2.21. The van der Waals surface area contributed by atoms with E-state index in [4.69, 9.17) is 0 Å². The van der Waals surface area contributed by atoms with E-state index >= 15 is 0 Å². The van der Waals surface area contributed by atoms with Crippen molar-refractivity contribution >= 4 is 0 Å². The lowest BCUT2D eigenvalue weighted by Crippen LogP contribution is -3.33. The number of rotatable bonds is 0. The number of hydrogen-bond acceptors (Lipinski definition) is 3. The van der Waals surface area contributed by atoms with Gasteiger partial charge in [0.05, 0.1) is 0 Å². The van der Waals surface area contributed by atoms with E-state index in [1.165, 1.54) is 0 Å². The van der Waals surface area contributed by atoms with Crippen molar-refractivity contribution in [2.24, 2.45) is 5.41 Å². The summed E-state index contributed by atoms with van der Waals surface area (Å²) in [4.78, 5) is 0. The number of hydroxylamine groups is 4. The molecule has 1 rings (SSSR count). The molecule has 0 aromatic heterocycles. The normalized spacial score (nSPS) is 43.5. The van der Waals surface area contributed by atoms with Gasteiger partial charge in [-0.1, -0.05) is 0 Å². The Morgan fingerprint density at radius 3 is 1.67 bits per heavy atom. The van der Waals surface area contributed by atoms with Gasteiger partial charge in [0.25, 0.3) is 0 Å². The van der Waals surface area contributed by atoms with Crippen LogP contribution in [0.1, 0.15) is 20.8 Å². The van der Waals surface area contributed by atoms with Gasteiger partial charge in [0.2, 0.25) is 0 Å². The summed E-state index contributed by atoms with van der Waals surface area (Å²) in [6.07, 6.45) is 0. The van der Waals surface area contributed by atoms with Crippen molar-refractivity contribution in [3.8, 4) is 0 Å². The van der Waals surface area contributed by atoms with E-state index in [9.17, 15) is 15.5 Å². The first-order valence-corrected chi connectivity index (χ1v) is 4.09. The van der Waals surface area contributed by atoms with E-state index in [2.05, 4.69) is 0 Å². The third-order valence-electron chi connectivity index (χ3n) is 2.47. The molecule has 3 N–H and O–H groups in total. The molecule has 0 radical (unpaired) electrons. The zero-order valence-electron chi connectivity index (χ0n) is 7.68. The summed E-state index contributed by atoms with van der Waals surface area (Å²) in [5.74, 6) is -1.73. The van der Waals surface area contributed by atoms with Crippen LogP contribution >= 0.6 is 0 Å². The fraction of sp³-hybridized carbons (Fsp3) is 1.00. The highest BCUT2D eigenvalue weighted by Gasteiger charge is 2.56. The average Bonchev–Trinajstić information content (AvgIpc) is 2.16. The van der Waals surface area contributed by atoms with Crippen molar-refractivity contribution < 1.29 is 15.2 Å². The Morgan fingerprint density at radius 1 is 1.17 bits per heavy atom. The van der Waals surface area contributed by atoms with Crippen molar-refractivity contribution in [3.63, 3.8) is 0 Å². The lowest BCUT2D eigenvalue weighted by atomic mass is 9.89. The van der Waals surface area contributed by atoms with Gasteiger partial charge in [-0.2, -0.15) is 0 Å². The maximum absolute atomic E-state index is 11.3. The fourth-order valence-electron chi connectivity index (χ4n) is 1.58. The molecule has 2 atom stereocenters. The standard InChI is InChI=1S/C7H16N2O3/c1-6(2,3)7(10)8(11)4-5-9(7)12/h8-10H,4-5H2,1-3H3. The Kier molecular flexibility index (Phi) is 2.18. The molecule has 12 heavy (non-hydrogen) atoms. The van der Waals surface area contributed by atoms with Gasteiger partial charge in [0.1, 0.15) is 18.5 Å². The lowest BCUT2D eigenvalue weighted by Gasteiger charge is -2.43. The fourth-order valence-corrected chi connectivity index (χ4v) is 1.58. The van der Waals surface area contributed by atoms with Crippen LogP contribution in [-0.4, -0.2) is 24.0 Å². The minimum absolute atomic E-state index is 0.187. The second-order valence-corrected chi connectivity index (χ2v) is 4.31. The van der Waals surface area contributed by atoms with Gasteiger partial charge in [-0.3, -0.25) is 15.2 Å². The Hall–Kier alpha value is -0.200. The smallest absolute Gasteiger partial charge is 0.340 e. The van der Waals surface area contributed by atoms with Crippen LogP contribution in [0, 0.1) is 15.8 Å². The van der Waals surface area contributed by atoms with Crippen molar-refractivity contribution in [1.82, 2.24) is 0 Å². The summed E-state index contributed by atoms with van der Waals surface area (Å²) in [7, 11) is 0. The third-order valence-corrected chi connectivity index (χ3v) is 2.47. The lowest BCUT2D eigenvalue weighted by molar-refractivity contribution is -1.11. The minimum Gasteiger partial charge on any atom is -0.628 e. The third kappa shape index (κ3) is 1.14. The monoisotopic (exact) mass is 176 g/mol. The van der Waals surface area contributed by atoms with Crippen LogP contribution < -0.4 is 10.1 Å². The van der Waals surface area contributed by atoms with Gasteiger partial charge in [-0.05, 0) is 20.8 Å². The van der Waals surface area contributed by atoms with Crippen LogP contribution in [-0.2, 0) is 0 Å². The Bertz CT molecular complexity index is 168. The molecule has 5 heteroatoms. The van der Waals surface area contributed by atoms with Crippen LogP contribution in [0.4, 0.5) is 0 Å². The van der Waals surface area contributed by atoms with Gasteiger partial charge in [0.15, 0.2) is 0 Å². The highest BCUT2D eigenvalue weighted by molar-refractivity contribution is 4.73. The van der Waals surface area contributed by atoms with Crippen molar-refractivity contribution in [1.29, 1.82) is 0 Å². The molecule has 0 amide bonds. The summed E-state index contributed by atoms with van der Waals surface area (Å²) in [5.41, 5.74) is -0.683. The second kappa shape index (κ2) is 2.65. The average molecular weight is 176 g/mol. The predicted octanol–water partition coefficient (Wildman–Crippen LogP) is -2.54. The van der Waals surface area contributed by atoms with E-state index in [0.717, 1.165) is 0 Å². The first-order chi connectivity index (χ1) is 5.30. The maximum atomic E-state index is 11.3. The van der Waals surface area contributed by atoms with Gasteiger partial charge < -0.3 is 10.4 Å². The van der Waals surface area contributed by atoms with Crippen molar-refractivity contribution in [2.75, 3.05) is 13.1 Å². The number of hydrogen-bond donors (Lipinski definition) is 3. The Labute approximate surface area is 71.7 Å². The molecule has 1 heterocycles. The summed E-state index contributed by atoms with van der Waals surface area (Å²) in [6.45, 7) is 5.48. The largest absolute Gasteiger partial charge is 0.628 e. The molecule has 0 bridgehead atoms. The molecule has 0 aromatic rings. The molecule has 0 aliphatic carbocycles. The molecule has 72 valence electrons. The van der Waals surface area contributed by atoms with Crippen molar-refractivity contribution in [3.05, 3.63) is 10.4 Å². The first kappa shape index (κ1) is 9.88. The molecule has 2 unspecified atom stereocenters. The molecule has 1 aliphatic heterocycles. The topological polar surface area (TPSA) is 75.2 Å². The summed E-state index contributed by atoms with van der Waals surface area (Å²) in [5, 5.41) is 31.8. The van der Waals surface area contributed by atoms with E-state index < -0.39 is 11.3 Å². The number of nitrogens with one attached hydrogen (secondary N) is 2. The molecular weight excluding hydrogens is 160 g/mol. The summed E-state index contributed by atoms with van der Waals surface area (Å²) >= 11 is 0. The maximum Gasteiger partial charge on any atom is 0.340 e. The molecule has 5 nitrogen and oxygen atoms in total. The molecule has 0 saturated carbocycles. The summed E-state index contributed by atoms with van der Waals surface area (Å²) in [6, 6.07) is 0. The van der Waals surface area contributed by atoms with Gasteiger partial charge >= 0.3 is 5.85 Å². The SMILES string of the molecule is CC(C)(C)C1(O)[NH+]([O-])CC[NH+]1[O-]. The van der Waals surface area contributed by atoms with E-state index in [1.807, 2.05) is 0 Å². The zero-order chi connectivity index (χ0) is 9.57. The molecule has 1 fully saturated rings. The molecule has 1 saturated heterocycles. The molecule has 0 aromatic carbocycles. The first-order valence-electron chi connectivity index (χ1n) is 4.09. The van der Waals surface area contributed by atoms with Crippen LogP contribution in [0.15, 0.2) is 0 Å². The van der Waals surface area contributed by atoms with Crippen molar-refractivity contribution in [2.45, 2.75) is 26.6 Å². The molecule has 0 spiro atoms. The van der Waals surface area contributed by atoms with E-state index in [1.54, 1.807) is 20.8 Å². The molecular formula is C7H16N2O3. The van der Waals surface area contributed by atoms with Crippen LogP contribution in [0.25, 0.3) is 0 Å². The Morgan fingerprint density at radius 2 is 1.50 bits per heavy atom. The van der Waals surface area contributed by atoms with Gasteiger partial charge in [-0.25, -0.2) is 0 Å². The highest BCUT2D eigenvalue weighted by atomic mass is 16.6. The molecule has 1 aliphatic rings. The van der Waals surface area contributed by atoms with Crippen LogP contribution in [0.5, 0.6) is 0 Å².